The van der Waals surface area contributed by atoms with E-state index in [1.165, 1.54) is 0 Å². The molecule has 14 heavy (non-hydrogen) atoms. The second kappa shape index (κ2) is 2.72. The Bertz CT molecular complexity index is 296. The van der Waals surface area contributed by atoms with Gasteiger partial charge in [0.05, 0.1) is 0 Å². The molecule has 0 atom stereocenters. The average Bonchev–Trinajstić information content (AvgIpc) is 2.35. The molecular weight excluding hydrogens is 178 g/mol. The number of hydrogen-bond donors (Lipinski definition) is 2. The topological polar surface area (TPSA) is 67.5 Å². The molecule has 0 bridgehead atoms. The van der Waals surface area contributed by atoms with Crippen LogP contribution in [0, 0.1) is 5.41 Å². The van der Waals surface area contributed by atoms with Crippen molar-refractivity contribution in [3.05, 3.63) is 0 Å². The van der Waals surface area contributed by atoms with Gasteiger partial charge in [0.1, 0.15) is 5.54 Å². The highest BCUT2D eigenvalue weighted by Crippen LogP contribution is 2.43. The van der Waals surface area contributed by atoms with Crippen molar-refractivity contribution in [2.75, 3.05) is 0 Å². The molecule has 78 valence electrons. The van der Waals surface area contributed by atoms with Crippen LogP contribution in [0.1, 0.15) is 39.5 Å². The van der Waals surface area contributed by atoms with Gasteiger partial charge in [0.15, 0.2) is 5.96 Å². The molecule has 1 heterocycles. The quantitative estimate of drug-likeness (QED) is 0.599. The fourth-order valence-electron chi connectivity index (χ4n) is 2.22. The van der Waals surface area contributed by atoms with E-state index in [-0.39, 0.29) is 11.9 Å². The number of nitrogens with two attached hydrogens (primary N) is 1. The fourth-order valence-corrected chi connectivity index (χ4v) is 2.22. The first-order chi connectivity index (χ1) is 6.44. The summed E-state index contributed by atoms with van der Waals surface area (Å²) in [5.41, 5.74) is 5.33. The van der Waals surface area contributed by atoms with Crippen LogP contribution in [0.4, 0.5) is 0 Å². The van der Waals surface area contributed by atoms with Crippen molar-refractivity contribution in [2.24, 2.45) is 16.1 Å². The molecule has 4 heteroatoms. The number of guanidine groups is 1. The minimum atomic E-state index is -0.528. The summed E-state index contributed by atoms with van der Waals surface area (Å²) in [6, 6.07) is 0. The Morgan fingerprint density at radius 1 is 1.29 bits per heavy atom. The van der Waals surface area contributed by atoms with Crippen LogP contribution >= 0.6 is 0 Å². The number of hydrogen-bond acceptors (Lipinski definition) is 3. The van der Waals surface area contributed by atoms with Crippen molar-refractivity contribution in [3.8, 4) is 0 Å². The van der Waals surface area contributed by atoms with Gasteiger partial charge in [0.25, 0.3) is 5.91 Å². The lowest BCUT2D eigenvalue weighted by molar-refractivity contribution is -0.125. The lowest BCUT2D eigenvalue weighted by Gasteiger charge is -2.37. The predicted molar refractivity (Wildman–Crippen MR) is 54.7 cm³/mol. The van der Waals surface area contributed by atoms with Gasteiger partial charge in [-0.1, -0.05) is 13.8 Å². The van der Waals surface area contributed by atoms with E-state index in [1.807, 2.05) is 0 Å². The maximum Gasteiger partial charge on any atom is 0.254 e. The molecule has 1 saturated carbocycles. The molecule has 0 aromatic heterocycles. The zero-order valence-electron chi connectivity index (χ0n) is 8.76. The van der Waals surface area contributed by atoms with Gasteiger partial charge < -0.3 is 5.73 Å². The third-order valence-electron chi connectivity index (χ3n) is 3.43. The molecule has 1 spiro atoms. The van der Waals surface area contributed by atoms with E-state index in [0.29, 0.717) is 5.41 Å². The van der Waals surface area contributed by atoms with Crippen molar-refractivity contribution < 1.29 is 4.79 Å². The van der Waals surface area contributed by atoms with Gasteiger partial charge >= 0.3 is 0 Å². The number of carbonyl (C=O) groups excluding carboxylic acids is 1. The summed E-state index contributed by atoms with van der Waals surface area (Å²) >= 11 is 0. The van der Waals surface area contributed by atoms with Gasteiger partial charge in [-0.15, -0.1) is 0 Å². The molecule has 1 fully saturated rings. The predicted octanol–water partition coefficient (Wildman–Crippen LogP) is 0.770. The highest BCUT2D eigenvalue weighted by atomic mass is 16.2. The van der Waals surface area contributed by atoms with Crippen LogP contribution in [0.15, 0.2) is 4.99 Å². The maximum absolute atomic E-state index is 11.7. The molecule has 2 aliphatic rings. The van der Waals surface area contributed by atoms with Gasteiger partial charge in [-0.2, -0.15) is 0 Å². The molecule has 0 unspecified atom stereocenters. The zero-order chi connectivity index (χ0) is 10.4. The summed E-state index contributed by atoms with van der Waals surface area (Å²) in [4.78, 5) is 15.9. The second-order valence-electron chi connectivity index (χ2n) is 5.15. The summed E-state index contributed by atoms with van der Waals surface area (Å²) in [6.07, 6.45) is 3.73. The Morgan fingerprint density at radius 3 is 2.29 bits per heavy atom. The van der Waals surface area contributed by atoms with E-state index >= 15 is 0 Å². The Kier molecular flexibility index (Phi) is 1.84. The maximum atomic E-state index is 11.7. The number of aliphatic imine (C=N–C) groups is 1. The summed E-state index contributed by atoms with van der Waals surface area (Å²) in [5.74, 6) is 0.278. The highest BCUT2D eigenvalue weighted by Gasteiger charge is 2.47. The van der Waals surface area contributed by atoms with Crippen molar-refractivity contribution in [1.82, 2.24) is 5.32 Å². The molecule has 4 nitrogen and oxygen atoms in total. The molecule has 1 aliphatic heterocycles. The first-order valence-corrected chi connectivity index (χ1v) is 5.10. The standard InChI is InChI=1S/C10H17N3O/c1-9(2)3-5-10(6-4-9)7(14)12-8(11)13-10/h3-6H2,1-2H3,(H3,11,12,13,14). The number of carbonyl (C=O) groups is 1. The van der Waals surface area contributed by atoms with E-state index in [4.69, 9.17) is 5.73 Å². The SMILES string of the molecule is CC1(C)CCC2(CC1)N=C(N)NC2=O. The van der Waals surface area contributed by atoms with E-state index < -0.39 is 5.54 Å². The highest BCUT2D eigenvalue weighted by molar-refractivity contribution is 6.06. The van der Waals surface area contributed by atoms with Crippen LogP contribution in [0.5, 0.6) is 0 Å². The normalized spacial score (nSPS) is 28.7. The molecule has 3 N–H and O–H groups in total. The third-order valence-corrected chi connectivity index (χ3v) is 3.43. The van der Waals surface area contributed by atoms with Gasteiger partial charge in [0.2, 0.25) is 0 Å². The largest absolute Gasteiger partial charge is 0.370 e. The molecule has 0 saturated heterocycles. The lowest BCUT2D eigenvalue weighted by Crippen LogP contribution is -2.44. The van der Waals surface area contributed by atoms with Crippen LogP contribution in [0.25, 0.3) is 0 Å². The molecule has 0 aromatic carbocycles. The van der Waals surface area contributed by atoms with E-state index in [0.717, 1.165) is 25.7 Å². The first kappa shape index (κ1) is 9.49. The number of rotatable bonds is 0. The van der Waals surface area contributed by atoms with Crippen molar-refractivity contribution in [1.29, 1.82) is 0 Å². The zero-order valence-corrected chi connectivity index (χ0v) is 8.76. The molecule has 1 aliphatic carbocycles. The van der Waals surface area contributed by atoms with Crippen LogP contribution in [-0.4, -0.2) is 17.4 Å². The number of nitrogens with one attached hydrogen (secondary N) is 1. The van der Waals surface area contributed by atoms with Crippen molar-refractivity contribution in [3.63, 3.8) is 0 Å². The van der Waals surface area contributed by atoms with Gasteiger partial charge in [-0.25, -0.2) is 4.99 Å². The summed E-state index contributed by atoms with van der Waals surface area (Å²) in [7, 11) is 0. The first-order valence-electron chi connectivity index (χ1n) is 5.10. The molecule has 1 amide bonds. The van der Waals surface area contributed by atoms with Crippen LogP contribution in [0.2, 0.25) is 0 Å². The Hall–Kier alpha value is -1.06. The second-order valence-corrected chi connectivity index (χ2v) is 5.15. The monoisotopic (exact) mass is 195 g/mol. The lowest BCUT2D eigenvalue weighted by atomic mass is 9.69. The van der Waals surface area contributed by atoms with Gasteiger partial charge in [0, 0.05) is 0 Å². The van der Waals surface area contributed by atoms with E-state index in [1.54, 1.807) is 0 Å². The smallest absolute Gasteiger partial charge is 0.254 e. The summed E-state index contributed by atoms with van der Waals surface area (Å²) in [5, 5.41) is 2.59. The van der Waals surface area contributed by atoms with Crippen molar-refractivity contribution in [2.45, 2.75) is 45.1 Å². The minimum Gasteiger partial charge on any atom is -0.370 e. The van der Waals surface area contributed by atoms with Crippen LogP contribution < -0.4 is 11.1 Å². The summed E-state index contributed by atoms with van der Waals surface area (Å²) in [6.45, 7) is 4.47. The molecule has 0 radical (unpaired) electrons. The van der Waals surface area contributed by atoms with E-state index in [9.17, 15) is 4.79 Å². The van der Waals surface area contributed by atoms with Crippen LogP contribution in [-0.2, 0) is 4.79 Å². The van der Waals surface area contributed by atoms with E-state index in [2.05, 4.69) is 24.2 Å². The molecular formula is C10H17N3O. The third kappa shape index (κ3) is 1.38. The Morgan fingerprint density at radius 2 is 1.86 bits per heavy atom. The number of nitrogens with zero attached hydrogens (tertiary/aromatic N) is 1. The summed E-state index contributed by atoms with van der Waals surface area (Å²) < 4.78 is 0. The van der Waals surface area contributed by atoms with Crippen LogP contribution in [0.3, 0.4) is 0 Å². The average molecular weight is 195 g/mol. The fraction of sp³-hybridized carbons (Fsp3) is 0.800. The van der Waals surface area contributed by atoms with Gasteiger partial charge in [-0.3, -0.25) is 10.1 Å². The van der Waals surface area contributed by atoms with Gasteiger partial charge in [-0.05, 0) is 31.1 Å². The Labute approximate surface area is 84.0 Å². The Balaban J connectivity index is 2.17. The number of amides is 1. The molecule has 0 aromatic rings. The molecule has 2 rings (SSSR count). The van der Waals surface area contributed by atoms with Crippen molar-refractivity contribution >= 4 is 11.9 Å². The minimum absolute atomic E-state index is 0.00880.